The minimum Gasteiger partial charge on any atom is -0.458 e. The van der Waals surface area contributed by atoms with Crippen molar-refractivity contribution in [3.63, 3.8) is 0 Å². The molecule has 0 saturated carbocycles. The van der Waals surface area contributed by atoms with Crippen molar-refractivity contribution >= 4 is 0 Å². The molecular weight excluding hydrogens is 200 g/mol. The third-order valence-electron chi connectivity index (χ3n) is 2.56. The summed E-state index contributed by atoms with van der Waals surface area (Å²) in [5.41, 5.74) is 0. The minimum absolute atomic E-state index is 0.839. The van der Waals surface area contributed by atoms with Crippen LogP contribution in [0, 0.1) is 0 Å². The first-order valence-corrected chi connectivity index (χ1v) is 6.01. The van der Waals surface area contributed by atoms with Crippen LogP contribution in [0.5, 0.6) is 0 Å². The molecule has 0 amide bonds. The molecule has 2 rings (SSSR count). The standard InChI is InChI=1S/C14H18O2/c1-3-5-11-7-9-13(15-11)14-10-8-12(16-14)6-4-2/h7-10H,3-6H2,1-2H3. The zero-order valence-corrected chi connectivity index (χ0v) is 9.95. The van der Waals surface area contributed by atoms with Crippen LogP contribution in [0.15, 0.2) is 33.1 Å². The Bertz CT molecular complexity index is 395. The summed E-state index contributed by atoms with van der Waals surface area (Å²) in [7, 11) is 0. The van der Waals surface area contributed by atoms with Crippen LogP contribution in [0.3, 0.4) is 0 Å². The molecule has 2 aromatic rings. The summed E-state index contributed by atoms with van der Waals surface area (Å²) in [6.45, 7) is 4.29. The summed E-state index contributed by atoms with van der Waals surface area (Å²) in [6, 6.07) is 8.03. The minimum atomic E-state index is 0.839. The first-order chi connectivity index (χ1) is 7.83. The number of furan rings is 2. The van der Waals surface area contributed by atoms with Crippen molar-refractivity contribution < 1.29 is 8.83 Å². The molecule has 0 bridgehead atoms. The fourth-order valence-electron chi connectivity index (χ4n) is 1.78. The van der Waals surface area contributed by atoms with Gasteiger partial charge in [-0.3, -0.25) is 0 Å². The molecule has 0 N–H and O–H groups in total. The Morgan fingerprint density at radius 3 is 1.56 bits per heavy atom. The molecule has 0 fully saturated rings. The maximum absolute atomic E-state index is 5.71. The van der Waals surface area contributed by atoms with E-state index < -0.39 is 0 Å². The highest BCUT2D eigenvalue weighted by atomic mass is 16.4. The molecule has 0 spiro atoms. The molecule has 0 radical (unpaired) electrons. The van der Waals surface area contributed by atoms with Gasteiger partial charge in [-0.05, 0) is 37.1 Å². The van der Waals surface area contributed by atoms with Gasteiger partial charge in [0.2, 0.25) is 0 Å². The first kappa shape index (κ1) is 11.1. The quantitative estimate of drug-likeness (QED) is 0.741. The second-order valence-corrected chi connectivity index (χ2v) is 4.03. The largest absolute Gasteiger partial charge is 0.458 e. The summed E-state index contributed by atoms with van der Waals surface area (Å²) >= 11 is 0. The van der Waals surface area contributed by atoms with E-state index >= 15 is 0 Å². The van der Waals surface area contributed by atoms with Gasteiger partial charge in [0.15, 0.2) is 11.5 Å². The molecule has 16 heavy (non-hydrogen) atoms. The van der Waals surface area contributed by atoms with E-state index in [2.05, 4.69) is 13.8 Å². The lowest BCUT2D eigenvalue weighted by Gasteiger charge is -1.93. The van der Waals surface area contributed by atoms with Gasteiger partial charge in [0.05, 0.1) is 0 Å². The average molecular weight is 218 g/mol. The highest BCUT2D eigenvalue weighted by Gasteiger charge is 2.08. The Kier molecular flexibility index (Phi) is 3.50. The fraction of sp³-hybridized carbons (Fsp3) is 0.429. The van der Waals surface area contributed by atoms with Gasteiger partial charge in [0.25, 0.3) is 0 Å². The molecule has 0 aliphatic heterocycles. The maximum atomic E-state index is 5.71. The molecule has 2 heteroatoms. The molecule has 2 nitrogen and oxygen atoms in total. The van der Waals surface area contributed by atoms with E-state index in [1.165, 1.54) is 0 Å². The first-order valence-electron chi connectivity index (χ1n) is 6.01. The summed E-state index contributed by atoms with van der Waals surface area (Å²) in [5.74, 6) is 3.74. The lowest BCUT2D eigenvalue weighted by Crippen LogP contribution is -1.76. The predicted octanol–water partition coefficient (Wildman–Crippen LogP) is 4.44. The van der Waals surface area contributed by atoms with Crippen molar-refractivity contribution in [2.24, 2.45) is 0 Å². The van der Waals surface area contributed by atoms with E-state index in [4.69, 9.17) is 8.83 Å². The monoisotopic (exact) mass is 218 g/mol. The van der Waals surface area contributed by atoms with Gasteiger partial charge in [0, 0.05) is 12.8 Å². The van der Waals surface area contributed by atoms with Crippen LogP contribution in [-0.4, -0.2) is 0 Å². The normalized spacial score (nSPS) is 10.9. The van der Waals surface area contributed by atoms with Gasteiger partial charge < -0.3 is 8.83 Å². The second-order valence-electron chi connectivity index (χ2n) is 4.03. The maximum Gasteiger partial charge on any atom is 0.169 e. The van der Waals surface area contributed by atoms with Crippen LogP contribution >= 0.6 is 0 Å². The highest BCUT2D eigenvalue weighted by molar-refractivity contribution is 5.50. The molecule has 0 saturated heterocycles. The van der Waals surface area contributed by atoms with E-state index in [0.29, 0.717) is 0 Å². The average Bonchev–Trinajstić information content (AvgIpc) is 2.87. The van der Waals surface area contributed by atoms with Gasteiger partial charge in [0.1, 0.15) is 11.5 Å². The Balaban J connectivity index is 2.14. The van der Waals surface area contributed by atoms with Crippen LogP contribution in [-0.2, 0) is 12.8 Å². The molecule has 0 unspecified atom stereocenters. The van der Waals surface area contributed by atoms with Crippen molar-refractivity contribution in [3.8, 4) is 11.5 Å². The van der Waals surface area contributed by atoms with E-state index in [1.54, 1.807) is 0 Å². The number of hydrogen-bond donors (Lipinski definition) is 0. The Morgan fingerprint density at radius 2 is 1.19 bits per heavy atom. The van der Waals surface area contributed by atoms with Gasteiger partial charge in [-0.1, -0.05) is 13.8 Å². The van der Waals surface area contributed by atoms with Crippen molar-refractivity contribution in [3.05, 3.63) is 35.8 Å². The van der Waals surface area contributed by atoms with Gasteiger partial charge in [-0.2, -0.15) is 0 Å². The van der Waals surface area contributed by atoms with Crippen LogP contribution in [0.2, 0.25) is 0 Å². The molecule has 0 aromatic carbocycles. The van der Waals surface area contributed by atoms with Crippen molar-refractivity contribution in [2.75, 3.05) is 0 Å². The summed E-state index contributed by atoms with van der Waals surface area (Å²) in [5, 5.41) is 0. The van der Waals surface area contributed by atoms with Crippen molar-refractivity contribution in [1.82, 2.24) is 0 Å². The summed E-state index contributed by atoms with van der Waals surface area (Å²) in [6.07, 6.45) is 4.18. The fourth-order valence-corrected chi connectivity index (χ4v) is 1.78. The van der Waals surface area contributed by atoms with Crippen molar-refractivity contribution in [2.45, 2.75) is 39.5 Å². The number of aryl methyl sites for hydroxylation is 2. The van der Waals surface area contributed by atoms with Gasteiger partial charge in [-0.25, -0.2) is 0 Å². The van der Waals surface area contributed by atoms with E-state index in [0.717, 1.165) is 48.7 Å². The molecule has 2 aromatic heterocycles. The molecular formula is C14H18O2. The van der Waals surface area contributed by atoms with Gasteiger partial charge in [-0.15, -0.1) is 0 Å². The van der Waals surface area contributed by atoms with Crippen LogP contribution in [0.4, 0.5) is 0 Å². The van der Waals surface area contributed by atoms with Crippen molar-refractivity contribution in [1.29, 1.82) is 0 Å². The Morgan fingerprint density at radius 1 is 0.750 bits per heavy atom. The van der Waals surface area contributed by atoms with E-state index in [9.17, 15) is 0 Å². The topological polar surface area (TPSA) is 26.3 Å². The molecule has 86 valence electrons. The summed E-state index contributed by atoms with van der Waals surface area (Å²) in [4.78, 5) is 0. The zero-order chi connectivity index (χ0) is 11.4. The molecule has 2 heterocycles. The Labute approximate surface area is 96.3 Å². The molecule has 0 aliphatic carbocycles. The van der Waals surface area contributed by atoms with Crippen LogP contribution in [0.25, 0.3) is 11.5 Å². The van der Waals surface area contributed by atoms with Gasteiger partial charge >= 0.3 is 0 Å². The van der Waals surface area contributed by atoms with E-state index in [-0.39, 0.29) is 0 Å². The van der Waals surface area contributed by atoms with E-state index in [1.807, 2.05) is 24.3 Å². The third-order valence-corrected chi connectivity index (χ3v) is 2.56. The lowest BCUT2D eigenvalue weighted by molar-refractivity contribution is 0.471. The Hall–Kier alpha value is -1.44. The third kappa shape index (κ3) is 2.38. The number of hydrogen-bond acceptors (Lipinski definition) is 2. The van der Waals surface area contributed by atoms with Crippen LogP contribution in [0.1, 0.15) is 38.2 Å². The van der Waals surface area contributed by atoms with Crippen LogP contribution < -0.4 is 0 Å². The number of rotatable bonds is 5. The molecule has 0 aliphatic rings. The zero-order valence-electron chi connectivity index (χ0n) is 9.95. The lowest BCUT2D eigenvalue weighted by atomic mass is 10.3. The second kappa shape index (κ2) is 5.06. The highest BCUT2D eigenvalue weighted by Crippen LogP contribution is 2.25. The summed E-state index contributed by atoms with van der Waals surface area (Å²) < 4.78 is 11.4. The smallest absolute Gasteiger partial charge is 0.169 e. The molecule has 0 atom stereocenters. The SMILES string of the molecule is CCCc1ccc(-c2ccc(CCC)o2)o1. The predicted molar refractivity (Wildman–Crippen MR) is 64.4 cm³/mol.